The van der Waals surface area contributed by atoms with Gasteiger partial charge in [-0.05, 0) is 24.3 Å². The van der Waals surface area contributed by atoms with Gasteiger partial charge in [-0.15, -0.1) is 21.5 Å². The number of rotatable bonds is 5. The summed E-state index contributed by atoms with van der Waals surface area (Å²) in [6.07, 6.45) is 3.38. The molecule has 3 aromatic rings. The average Bonchev–Trinajstić information content (AvgIpc) is 3.22. The normalized spacial score (nSPS) is 11.1. The Balaban J connectivity index is 1.72. The number of halogens is 1. The van der Waals surface area contributed by atoms with Crippen LogP contribution in [0.25, 0.3) is 22.6 Å². The summed E-state index contributed by atoms with van der Waals surface area (Å²) in [5.74, 6) is -0.212. The molecule has 0 saturated heterocycles. The van der Waals surface area contributed by atoms with Crippen molar-refractivity contribution in [2.75, 3.05) is 7.11 Å². The van der Waals surface area contributed by atoms with Crippen molar-refractivity contribution in [1.29, 1.82) is 0 Å². The van der Waals surface area contributed by atoms with E-state index in [1.54, 1.807) is 30.4 Å². The summed E-state index contributed by atoms with van der Waals surface area (Å²) in [5, 5.41) is 7.60. The molecule has 24 heavy (non-hydrogen) atoms. The molecule has 5 nitrogen and oxygen atoms in total. The number of benzene rings is 1. The van der Waals surface area contributed by atoms with Crippen LogP contribution in [0.5, 0.6) is 0 Å². The first-order valence-electron chi connectivity index (χ1n) is 7.08. The van der Waals surface area contributed by atoms with Crippen LogP contribution >= 0.6 is 11.3 Å². The molecule has 0 aliphatic heterocycles. The molecule has 0 aliphatic carbocycles. The summed E-state index contributed by atoms with van der Waals surface area (Å²) in [5.41, 5.74) is 0.570. The topological polar surface area (TPSA) is 65.2 Å². The Morgan fingerprint density at radius 1 is 1.25 bits per heavy atom. The van der Waals surface area contributed by atoms with Gasteiger partial charge in [0.15, 0.2) is 0 Å². The molecule has 122 valence electrons. The summed E-state index contributed by atoms with van der Waals surface area (Å²) >= 11 is 1.45. The number of carbonyl (C=O) groups is 1. The van der Waals surface area contributed by atoms with E-state index in [1.165, 1.54) is 24.5 Å². The maximum absolute atomic E-state index is 13.8. The minimum atomic E-state index is -0.443. The van der Waals surface area contributed by atoms with E-state index in [2.05, 4.69) is 14.9 Å². The first-order chi connectivity index (χ1) is 11.7. The molecule has 0 bridgehead atoms. The van der Waals surface area contributed by atoms with Crippen molar-refractivity contribution in [1.82, 2.24) is 10.2 Å². The van der Waals surface area contributed by atoms with E-state index in [-0.39, 0.29) is 24.0 Å². The standard InChI is InChI=1S/C17H13FN2O3S/c1-22-17(21)10-16-20-19-15(23-16)9-7-11-6-8-14(24-11)12-4-2-3-5-13(12)18/h2-9H,10H2,1H3. The van der Waals surface area contributed by atoms with Gasteiger partial charge in [0.05, 0.1) is 7.11 Å². The molecule has 0 aliphatic rings. The predicted octanol–water partition coefficient (Wildman–Crippen LogP) is 3.82. The van der Waals surface area contributed by atoms with E-state index in [4.69, 9.17) is 4.42 Å². The third-order valence-electron chi connectivity index (χ3n) is 3.16. The van der Waals surface area contributed by atoms with Gasteiger partial charge >= 0.3 is 5.97 Å². The lowest BCUT2D eigenvalue weighted by molar-refractivity contribution is -0.140. The highest BCUT2D eigenvalue weighted by Gasteiger charge is 2.10. The number of ether oxygens (including phenoxy) is 1. The first-order valence-corrected chi connectivity index (χ1v) is 7.89. The van der Waals surface area contributed by atoms with E-state index in [1.807, 2.05) is 12.1 Å². The lowest BCUT2D eigenvalue weighted by Gasteiger charge is -1.97. The summed E-state index contributed by atoms with van der Waals surface area (Å²) in [7, 11) is 1.30. The first kappa shape index (κ1) is 16.1. The van der Waals surface area contributed by atoms with E-state index in [9.17, 15) is 9.18 Å². The molecule has 0 N–H and O–H groups in total. The summed E-state index contributed by atoms with van der Waals surface area (Å²) < 4.78 is 23.6. The number of carbonyl (C=O) groups excluding carboxylic acids is 1. The number of methoxy groups -OCH3 is 1. The quantitative estimate of drug-likeness (QED) is 0.658. The van der Waals surface area contributed by atoms with Crippen molar-refractivity contribution < 1.29 is 18.3 Å². The van der Waals surface area contributed by atoms with Crippen LogP contribution in [0.4, 0.5) is 4.39 Å². The highest BCUT2D eigenvalue weighted by Crippen LogP contribution is 2.30. The van der Waals surface area contributed by atoms with Crippen molar-refractivity contribution in [3.63, 3.8) is 0 Å². The van der Waals surface area contributed by atoms with Gasteiger partial charge in [0.1, 0.15) is 12.2 Å². The number of thiophene rings is 1. The molecule has 0 atom stereocenters. The van der Waals surface area contributed by atoms with Crippen molar-refractivity contribution in [3.8, 4) is 10.4 Å². The van der Waals surface area contributed by atoms with Gasteiger partial charge in [-0.1, -0.05) is 18.2 Å². The Morgan fingerprint density at radius 3 is 2.88 bits per heavy atom. The summed E-state index contributed by atoms with van der Waals surface area (Å²) in [6.45, 7) is 0. The fourth-order valence-electron chi connectivity index (χ4n) is 2.00. The van der Waals surface area contributed by atoms with Crippen molar-refractivity contribution >= 4 is 29.5 Å². The van der Waals surface area contributed by atoms with Gasteiger partial charge in [-0.25, -0.2) is 4.39 Å². The van der Waals surface area contributed by atoms with Crippen molar-refractivity contribution in [3.05, 3.63) is 58.9 Å². The lowest BCUT2D eigenvalue weighted by Crippen LogP contribution is -2.04. The molecule has 0 saturated carbocycles. The Morgan fingerprint density at radius 2 is 2.08 bits per heavy atom. The molecule has 0 radical (unpaired) electrons. The number of esters is 1. The molecular formula is C17H13FN2O3S. The van der Waals surface area contributed by atoms with Gasteiger partial charge in [0.25, 0.3) is 0 Å². The number of hydrogen-bond acceptors (Lipinski definition) is 6. The molecule has 2 heterocycles. The molecule has 1 aromatic carbocycles. The van der Waals surface area contributed by atoms with Crippen LogP contribution in [0.3, 0.4) is 0 Å². The van der Waals surface area contributed by atoms with E-state index in [0.717, 1.165) is 9.75 Å². The maximum atomic E-state index is 13.8. The highest BCUT2D eigenvalue weighted by atomic mass is 32.1. The molecule has 0 unspecified atom stereocenters. The number of nitrogens with zero attached hydrogens (tertiary/aromatic N) is 2. The third kappa shape index (κ3) is 3.75. The smallest absolute Gasteiger partial charge is 0.315 e. The molecule has 0 fully saturated rings. The maximum Gasteiger partial charge on any atom is 0.315 e. The largest absolute Gasteiger partial charge is 0.469 e. The van der Waals surface area contributed by atoms with E-state index in [0.29, 0.717) is 5.56 Å². The van der Waals surface area contributed by atoms with Gasteiger partial charge in [0.2, 0.25) is 11.8 Å². The number of aromatic nitrogens is 2. The Hall–Kier alpha value is -2.80. The van der Waals surface area contributed by atoms with Crippen molar-refractivity contribution in [2.24, 2.45) is 0 Å². The zero-order chi connectivity index (χ0) is 16.9. The van der Waals surface area contributed by atoms with Crippen LogP contribution in [0, 0.1) is 5.82 Å². The zero-order valence-electron chi connectivity index (χ0n) is 12.7. The van der Waals surface area contributed by atoms with Crippen LogP contribution < -0.4 is 0 Å². The molecule has 0 amide bonds. The summed E-state index contributed by atoms with van der Waals surface area (Å²) in [6, 6.07) is 10.4. The van der Waals surface area contributed by atoms with Crippen LogP contribution in [-0.2, 0) is 16.0 Å². The van der Waals surface area contributed by atoms with Crippen LogP contribution in [0.15, 0.2) is 40.8 Å². The minimum absolute atomic E-state index is 0.0617. The molecule has 0 spiro atoms. The molecule has 2 aromatic heterocycles. The van der Waals surface area contributed by atoms with Crippen LogP contribution in [0.2, 0.25) is 0 Å². The second-order valence-electron chi connectivity index (χ2n) is 4.80. The van der Waals surface area contributed by atoms with Gasteiger partial charge in [-0.3, -0.25) is 4.79 Å². The predicted molar refractivity (Wildman–Crippen MR) is 88.7 cm³/mol. The molecule has 3 rings (SSSR count). The van der Waals surface area contributed by atoms with E-state index < -0.39 is 5.97 Å². The fraction of sp³-hybridized carbons (Fsp3) is 0.118. The summed E-state index contributed by atoms with van der Waals surface area (Å²) in [4.78, 5) is 12.9. The number of hydrogen-bond donors (Lipinski definition) is 0. The Bertz CT molecular complexity index is 885. The molecular weight excluding hydrogens is 331 g/mol. The second kappa shape index (κ2) is 7.18. The van der Waals surface area contributed by atoms with Gasteiger partial charge < -0.3 is 9.15 Å². The third-order valence-corrected chi connectivity index (χ3v) is 4.25. The Kier molecular flexibility index (Phi) is 4.81. The SMILES string of the molecule is COC(=O)Cc1nnc(C=Cc2ccc(-c3ccccc3F)s2)o1. The fourth-order valence-corrected chi connectivity index (χ4v) is 2.94. The second-order valence-corrected chi connectivity index (χ2v) is 5.92. The highest BCUT2D eigenvalue weighted by molar-refractivity contribution is 7.16. The van der Waals surface area contributed by atoms with E-state index >= 15 is 0 Å². The monoisotopic (exact) mass is 344 g/mol. The molecule has 7 heteroatoms. The Labute approximate surface area is 141 Å². The minimum Gasteiger partial charge on any atom is -0.469 e. The average molecular weight is 344 g/mol. The van der Waals surface area contributed by atoms with Gasteiger partial charge in [0, 0.05) is 21.4 Å². The van der Waals surface area contributed by atoms with Crippen molar-refractivity contribution in [2.45, 2.75) is 6.42 Å². The lowest BCUT2D eigenvalue weighted by atomic mass is 10.2. The van der Waals surface area contributed by atoms with Crippen LogP contribution in [-0.4, -0.2) is 23.3 Å². The van der Waals surface area contributed by atoms with Crippen LogP contribution in [0.1, 0.15) is 16.7 Å². The van der Waals surface area contributed by atoms with Gasteiger partial charge in [-0.2, -0.15) is 0 Å². The zero-order valence-corrected chi connectivity index (χ0v) is 13.5.